The summed E-state index contributed by atoms with van der Waals surface area (Å²) in [7, 11) is 0. The van der Waals surface area contributed by atoms with Crippen LogP contribution in [0.1, 0.15) is 27.2 Å². The minimum atomic E-state index is -0.883. The van der Waals surface area contributed by atoms with Crippen LogP contribution in [0, 0.1) is 11.8 Å². The van der Waals surface area contributed by atoms with Gasteiger partial charge in [0.05, 0.1) is 6.42 Å². The van der Waals surface area contributed by atoms with Gasteiger partial charge < -0.3 is 15.8 Å². The number of amides is 2. The topological polar surface area (TPSA) is 98.5 Å². The number of nitrogens with one attached hydrogen (secondary N) is 1. The largest absolute Gasteiger partial charge is 0.489 e. The van der Waals surface area contributed by atoms with Gasteiger partial charge in [-0.15, -0.1) is 0 Å². The minimum Gasteiger partial charge on any atom is -0.489 e. The van der Waals surface area contributed by atoms with Gasteiger partial charge in [0.1, 0.15) is 23.5 Å². The Morgan fingerprint density at radius 3 is 2.67 bits per heavy atom. The lowest BCUT2D eigenvalue weighted by Crippen LogP contribution is -2.33. The molecule has 0 spiro atoms. The molecular formula is C15H20N2O4. The lowest BCUT2D eigenvalue weighted by Gasteiger charge is -2.30. The average Bonchev–Trinajstić information content (AvgIpc) is 2.64. The highest BCUT2D eigenvalue weighted by molar-refractivity contribution is 6.27. The van der Waals surface area contributed by atoms with E-state index in [1.165, 1.54) is 0 Å². The maximum absolute atomic E-state index is 12.2. The number of Topliss-reactive ketones (excluding diaryl/α,β-unsaturated/α-hetero) is 1. The normalized spacial score (nSPS) is 32.3. The van der Waals surface area contributed by atoms with E-state index in [-0.39, 0.29) is 35.7 Å². The molecule has 1 fully saturated rings. The van der Waals surface area contributed by atoms with Crippen molar-refractivity contribution in [2.45, 2.75) is 39.3 Å². The quantitative estimate of drug-likeness (QED) is 0.582. The summed E-state index contributed by atoms with van der Waals surface area (Å²) in [5.41, 5.74) is 5.06. The molecule has 114 valence electrons. The summed E-state index contributed by atoms with van der Waals surface area (Å²) in [5, 5.41) is 2.48. The van der Waals surface area contributed by atoms with E-state index >= 15 is 0 Å². The van der Waals surface area contributed by atoms with Crippen molar-refractivity contribution in [3.8, 4) is 0 Å². The first kappa shape index (κ1) is 15.3. The molecule has 2 aliphatic rings. The number of nitrogens with two attached hydrogens (primary N) is 1. The molecule has 2 heterocycles. The highest BCUT2D eigenvalue weighted by Crippen LogP contribution is 2.29. The van der Waals surface area contributed by atoms with Gasteiger partial charge in [0.15, 0.2) is 5.78 Å². The fourth-order valence-corrected chi connectivity index (χ4v) is 2.69. The summed E-state index contributed by atoms with van der Waals surface area (Å²) in [6, 6.07) is -0.883. The summed E-state index contributed by atoms with van der Waals surface area (Å²) in [5.74, 6) is -0.842. The molecule has 0 saturated carbocycles. The summed E-state index contributed by atoms with van der Waals surface area (Å²) in [6.07, 6.45) is 3.30. The zero-order valence-corrected chi connectivity index (χ0v) is 12.4. The molecule has 3 atom stereocenters. The van der Waals surface area contributed by atoms with Gasteiger partial charge in [0.2, 0.25) is 5.91 Å². The van der Waals surface area contributed by atoms with E-state index in [1.54, 1.807) is 6.08 Å². The first-order valence-electron chi connectivity index (χ1n) is 7.03. The van der Waals surface area contributed by atoms with E-state index in [4.69, 9.17) is 10.5 Å². The first-order chi connectivity index (χ1) is 9.81. The molecule has 1 unspecified atom stereocenters. The third-order valence-electron chi connectivity index (χ3n) is 3.74. The van der Waals surface area contributed by atoms with Crippen molar-refractivity contribution in [1.82, 2.24) is 5.32 Å². The van der Waals surface area contributed by atoms with Gasteiger partial charge in [-0.25, -0.2) is 0 Å². The molecule has 0 aromatic rings. The van der Waals surface area contributed by atoms with Crippen LogP contribution in [0.5, 0.6) is 0 Å². The molecule has 21 heavy (non-hydrogen) atoms. The van der Waals surface area contributed by atoms with Crippen molar-refractivity contribution in [2.75, 3.05) is 0 Å². The second-order valence-corrected chi connectivity index (χ2v) is 5.84. The number of carbonyl (C=O) groups is 3. The van der Waals surface area contributed by atoms with Crippen molar-refractivity contribution in [3.63, 3.8) is 0 Å². The van der Waals surface area contributed by atoms with Gasteiger partial charge >= 0.3 is 0 Å². The van der Waals surface area contributed by atoms with E-state index in [2.05, 4.69) is 5.32 Å². The predicted octanol–water partition coefficient (Wildman–Crippen LogP) is 0.430. The standard InChI is InChI=1S/C15H20N2O4/c1-7(2)14-8(3)4-5-10(21-14)12-13(19)9(6-11(16)18)17-15(12)20/h4-5,7-9,14H,6H2,1-3H3,(H2,16,18)(H,17,20)/b12-10+/t8-,9?,14-/m1/s1. The van der Waals surface area contributed by atoms with E-state index in [9.17, 15) is 14.4 Å². The number of ether oxygens (including phenoxy) is 1. The summed E-state index contributed by atoms with van der Waals surface area (Å²) in [4.78, 5) is 35.2. The zero-order valence-electron chi connectivity index (χ0n) is 12.4. The highest BCUT2D eigenvalue weighted by atomic mass is 16.5. The van der Waals surface area contributed by atoms with Crippen molar-refractivity contribution in [2.24, 2.45) is 17.6 Å². The number of allylic oxidation sites excluding steroid dienone is 1. The molecule has 2 rings (SSSR count). The fraction of sp³-hybridized carbons (Fsp3) is 0.533. The van der Waals surface area contributed by atoms with Crippen molar-refractivity contribution < 1.29 is 19.1 Å². The maximum Gasteiger partial charge on any atom is 0.259 e. The van der Waals surface area contributed by atoms with Gasteiger partial charge in [-0.3, -0.25) is 14.4 Å². The highest BCUT2D eigenvalue weighted by Gasteiger charge is 2.40. The number of hydrogen-bond donors (Lipinski definition) is 2. The van der Waals surface area contributed by atoms with E-state index in [1.807, 2.05) is 26.8 Å². The molecule has 2 amide bonds. The molecule has 0 radical (unpaired) electrons. The smallest absolute Gasteiger partial charge is 0.259 e. The Morgan fingerprint density at radius 1 is 1.43 bits per heavy atom. The number of ketones is 1. The van der Waals surface area contributed by atoms with E-state index in [0.29, 0.717) is 0 Å². The molecule has 6 heteroatoms. The fourth-order valence-electron chi connectivity index (χ4n) is 2.69. The minimum absolute atomic E-state index is 0.0185. The second kappa shape index (κ2) is 5.71. The third-order valence-corrected chi connectivity index (χ3v) is 3.74. The van der Waals surface area contributed by atoms with Crippen LogP contribution in [-0.4, -0.2) is 29.7 Å². The Kier molecular flexibility index (Phi) is 4.16. The lowest BCUT2D eigenvalue weighted by molar-refractivity contribution is -0.122. The van der Waals surface area contributed by atoms with Crippen LogP contribution in [0.4, 0.5) is 0 Å². The zero-order chi connectivity index (χ0) is 15.7. The average molecular weight is 292 g/mol. The van der Waals surface area contributed by atoms with Gasteiger partial charge in [-0.2, -0.15) is 0 Å². The summed E-state index contributed by atoms with van der Waals surface area (Å²) >= 11 is 0. The molecule has 0 bridgehead atoms. The first-order valence-corrected chi connectivity index (χ1v) is 7.03. The Bertz CT molecular complexity index is 548. The Balaban J connectivity index is 2.31. The molecule has 0 aliphatic carbocycles. The molecule has 0 aromatic carbocycles. The van der Waals surface area contributed by atoms with Gasteiger partial charge in [0, 0.05) is 5.92 Å². The Morgan fingerprint density at radius 2 is 2.10 bits per heavy atom. The molecule has 1 saturated heterocycles. The Labute approximate surface area is 123 Å². The summed E-state index contributed by atoms with van der Waals surface area (Å²) < 4.78 is 5.83. The van der Waals surface area contributed by atoms with Gasteiger partial charge in [-0.1, -0.05) is 26.8 Å². The third kappa shape index (κ3) is 2.99. The molecule has 2 aliphatic heterocycles. The lowest BCUT2D eigenvalue weighted by atomic mass is 9.91. The second-order valence-electron chi connectivity index (χ2n) is 5.84. The number of carbonyl (C=O) groups excluding carboxylic acids is 3. The predicted molar refractivity (Wildman–Crippen MR) is 75.8 cm³/mol. The van der Waals surface area contributed by atoms with Crippen molar-refractivity contribution in [3.05, 3.63) is 23.5 Å². The Hall–Kier alpha value is -2.11. The van der Waals surface area contributed by atoms with Crippen molar-refractivity contribution >= 4 is 17.6 Å². The van der Waals surface area contributed by atoms with E-state index < -0.39 is 23.6 Å². The number of primary amides is 1. The van der Waals surface area contributed by atoms with Crippen LogP contribution >= 0.6 is 0 Å². The van der Waals surface area contributed by atoms with Crippen LogP contribution in [0.15, 0.2) is 23.5 Å². The van der Waals surface area contributed by atoms with Gasteiger partial charge in [-0.05, 0) is 12.0 Å². The number of rotatable bonds is 3. The maximum atomic E-state index is 12.2. The monoisotopic (exact) mass is 292 g/mol. The summed E-state index contributed by atoms with van der Waals surface area (Å²) in [6.45, 7) is 6.07. The molecule has 3 N–H and O–H groups in total. The van der Waals surface area contributed by atoms with Crippen molar-refractivity contribution in [1.29, 1.82) is 0 Å². The van der Waals surface area contributed by atoms with Crippen LogP contribution in [-0.2, 0) is 19.1 Å². The van der Waals surface area contributed by atoms with E-state index in [0.717, 1.165) is 0 Å². The number of hydrogen-bond acceptors (Lipinski definition) is 4. The van der Waals surface area contributed by atoms with Crippen LogP contribution < -0.4 is 11.1 Å². The van der Waals surface area contributed by atoms with Crippen LogP contribution in [0.3, 0.4) is 0 Å². The molecule has 6 nitrogen and oxygen atoms in total. The van der Waals surface area contributed by atoms with Gasteiger partial charge in [0.25, 0.3) is 5.91 Å². The van der Waals surface area contributed by atoms with Crippen LogP contribution in [0.2, 0.25) is 0 Å². The SMILES string of the molecule is CC(C)[C@H]1O/C(=C2/C(=O)NC(CC(N)=O)C2=O)C=C[C@H]1C. The molecule has 0 aromatic heterocycles. The van der Waals surface area contributed by atoms with Crippen LogP contribution in [0.25, 0.3) is 0 Å². The molecular weight excluding hydrogens is 272 g/mol.